The lowest BCUT2D eigenvalue weighted by molar-refractivity contribution is -0.384. The van der Waals surface area contributed by atoms with Crippen LogP contribution in [0.3, 0.4) is 0 Å². The lowest BCUT2D eigenvalue weighted by Crippen LogP contribution is -2.36. The van der Waals surface area contributed by atoms with Crippen molar-refractivity contribution in [2.75, 3.05) is 33.0 Å². The van der Waals surface area contributed by atoms with E-state index in [-0.39, 0.29) is 22.3 Å². The fourth-order valence-electron chi connectivity index (χ4n) is 2.65. The summed E-state index contributed by atoms with van der Waals surface area (Å²) in [7, 11) is 1.42. The molecule has 2 N–H and O–H groups in total. The highest BCUT2D eigenvalue weighted by Gasteiger charge is 2.21. The number of nitrogens with one attached hydrogen (secondary N) is 2. The predicted octanol–water partition coefficient (Wildman–Crippen LogP) is 2.09. The minimum atomic E-state index is -3.75. The average molecular weight is 392 g/mol. The number of nitro groups is 1. The van der Waals surface area contributed by atoms with Crippen LogP contribution in [0.15, 0.2) is 53.4 Å². The Morgan fingerprint density at radius 3 is 2.37 bits per heavy atom. The van der Waals surface area contributed by atoms with Crippen molar-refractivity contribution in [3.8, 4) is 0 Å². The van der Waals surface area contributed by atoms with Gasteiger partial charge in [0.2, 0.25) is 10.0 Å². The minimum Gasteiger partial charge on any atom is -0.378 e. The predicted molar refractivity (Wildman–Crippen MR) is 105 cm³/mol. The molecule has 0 aromatic heterocycles. The highest BCUT2D eigenvalue weighted by molar-refractivity contribution is 7.89. The maximum Gasteiger partial charge on any atom is 0.293 e. The van der Waals surface area contributed by atoms with Crippen molar-refractivity contribution < 1.29 is 13.3 Å². The third-order valence-electron chi connectivity index (χ3n) is 4.32. The fourth-order valence-corrected chi connectivity index (χ4v) is 3.40. The van der Waals surface area contributed by atoms with E-state index in [9.17, 15) is 18.5 Å². The number of benzene rings is 2. The second-order valence-electron chi connectivity index (χ2n) is 6.33. The molecule has 0 radical (unpaired) electrons. The van der Waals surface area contributed by atoms with E-state index in [4.69, 9.17) is 0 Å². The molecule has 0 aliphatic rings. The van der Waals surface area contributed by atoms with E-state index in [1.165, 1.54) is 24.7 Å². The Kier molecular flexibility index (Phi) is 6.89. The van der Waals surface area contributed by atoms with Crippen molar-refractivity contribution in [1.82, 2.24) is 9.62 Å². The van der Waals surface area contributed by atoms with Gasteiger partial charge in [-0.1, -0.05) is 30.3 Å². The van der Waals surface area contributed by atoms with Crippen LogP contribution in [0.5, 0.6) is 0 Å². The van der Waals surface area contributed by atoms with Gasteiger partial charge in [0.25, 0.3) is 5.69 Å². The summed E-state index contributed by atoms with van der Waals surface area (Å²) in [6.07, 6.45) is 0.779. The highest BCUT2D eigenvalue weighted by Crippen LogP contribution is 2.27. The van der Waals surface area contributed by atoms with Crippen LogP contribution in [0, 0.1) is 10.1 Å². The van der Waals surface area contributed by atoms with Crippen LogP contribution in [-0.4, -0.2) is 52.0 Å². The summed E-state index contributed by atoms with van der Waals surface area (Å²) in [4.78, 5) is 12.7. The smallest absolute Gasteiger partial charge is 0.293 e. The first kappa shape index (κ1) is 20.8. The number of nitrogens with zero attached hydrogens (tertiary/aromatic N) is 2. The van der Waals surface area contributed by atoms with Gasteiger partial charge in [-0.25, -0.2) is 13.1 Å². The molecular formula is C18H24N4O4S. The Bertz CT molecular complexity index is 885. The van der Waals surface area contributed by atoms with Gasteiger partial charge in [0.15, 0.2) is 0 Å². The lowest BCUT2D eigenvalue weighted by atomic mass is 10.1. The van der Waals surface area contributed by atoms with E-state index >= 15 is 0 Å². The van der Waals surface area contributed by atoms with Crippen molar-refractivity contribution in [3.63, 3.8) is 0 Å². The SMILES string of the molecule is CNS(=O)(=O)c1ccc(NCC(Cc2ccccc2)N(C)C)c([N+](=O)[O-])c1. The number of likely N-dealkylation sites (N-methyl/N-ethyl adjacent to an activating group) is 1. The van der Waals surface area contributed by atoms with Gasteiger partial charge in [0.1, 0.15) is 5.69 Å². The molecule has 0 aliphatic heterocycles. The number of rotatable bonds is 9. The molecule has 1 atom stereocenters. The van der Waals surface area contributed by atoms with Crippen LogP contribution in [0.25, 0.3) is 0 Å². The molecule has 2 aromatic carbocycles. The quantitative estimate of drug-likeness (QED) is 0.500. The zero-order chi connectivity index (χ0) is 20.0. The van der Waals surface area contributed by atoms with Gasteiger partial charge in [0.05, 0.1) is 9.82 Å². The van der Waals surface area contributed by atoms with E-state index < -0.39 is 14.9 Å². The molecule has 0 heterocycles. The van der Waals surface area contributed by atoms with Crippen molar-refractivity contribution >= 4 is 21.4 Å². The largest absolute Gasteiger partial charge is 0.378 e. The molecule has 0 spiro atoms. The third-order valence-corrected chi connectivity index (χ3v) is 5.73. The summed E-state index contributed by atoms with van der Waals surface area (Å²) in [5.41, 5.74) is 1.18. The summed E-state index contributed by atoms with van der Waals surface area (Å²) in [5, 5.41) is 14.5. The van der Waals surface area contributed by atoms with Gasteiger partial charge in [-0.05, 0) is 45.3 Å². The van der Waals surface area contributed by atoms with E-state index in [2.05, 4.69) is 10.0 Å². The Labute approximate surface area is 159 Å². The molecule has 9 heteroatoms. The molecule has 0 aliphatic carbocycles. The first-order chi connectivity index (χ1) is 12.7. The second-order valence-corrected chi connectivity index (χ2v) is 8.22. The van der Waals surface area contributed by atoms with Gasteiger partial charge in [-0.2, -0.15) is 0 Å². The van der Waals surface area contributed by atoms with Gasteiger partial charge in [-0.3, -0.25) is 10.1 Å². The van der Waals surface area contributed by atoms with Crippen LogP contribution in [0.4, 0.5) is 11.4 Å². The first-order valence-corrected chi connectivity index (χ1v) is 9.89. The summed E-state index contributed by atoms with van der Waals surface area (Å²) < 4.78 is 25.9. The molecule has 2 rings (SSSR count). The summed E-state index contributed by atoms with van der Waals surface area (Å²) >= 11 is 0. The fraction of sp³-hybridized carbons (Fsp3) is 0.333. The molecule has 146 valence electrons. The lowest BCUT2D eigenvalue weighted by Gasteiger charge is -2.25. The molecule has 27 heavy (non-hydrogen) atoms. The molecule has 0 bridgehead atoms. The molecule has 1 unspecified atom stereocenters. The number of hydrogen-bond acceptors (Lipinski definition) is 6. The van der Waals surface area contributed by atoms with Crippen LogP contribution in [0.1, 0.15) is 5.56 Å². The van der Waals surface area contributed by atoms with E-state index in [1.54, 1.807) is 0 Å². The zero-order valence-corrected chi connectivity index (χ0v) is 16.4. The monoisotopic (exact) mass is 392 g/mol. The number of anilines is 1. The molecule has 0 amide bonds. The Balaban J connectivity index is 2.21. The highest BCUT2D eigenvalue weighted by atomic mass is 32.2. The normalized spacial score (nSPS) is 12.7. The Morgan fingerprint density at radius 2 is 1.81 bits per heavy atom. The first-order valence-electron chi connectivity index (χ1n) is 8.41. The van der Waals surface area contributed by atoms with Gasteiger partial charge >= 0.3 is 0 Å². The molecule has 0 saturated carbocycles. The summed E-state index contributed by atoms with van der Waals surface area (Å²) in [5.74, 6) is 0. The standard InChI is InChI=1S/C18H24N4O4S/c1-19-27(25,26)16-9-10-17(18(12-16)22(23)24)20-13-15(21(2)3)11-14-7-5-4-6-8-14/h4-10,12,15,19-20H,11,13H2,1-3H3. The van der Waals surface area contributed by atoms with Gasteiger partial charge in [0, 0.05) is 18.7 Å². The third kappa shape index (κ3) is 5.49. The molecule has 2 aromatic rings. The van der Waals surface area contributed by atoms with E-state index in [1.807, 2.05) is 49.3 Å². The van der Waals surface area contributed by atoms with Crippen LogP contribution < -0.4 is 10.0 Å². The van der Waals surface area contributed by atoms with Crippen molar-refractivity contribution in [2.24, 2.45) is 0 Å². The van der Waals surface area contributed by atoms with Crippen LogP contribution in [0.2, 0.25) is 0 Å². The Hall–Kier alpha value is -2.49. The number of nitro benzene ring substituents is 1. The van der Waals surface area contributed by atoms with Gasteiger partial charge in [-0.15, -0.1) is 0 Å². The number of sulfonamides is 1. The average Bonchev–Trinajstić information content (AvgIpc) is 2.65. The molecule has 0 fully saturated rings. The molecule has 8 nitrogen and oxygen atoms in total. The van der Waals surface area contributed by atoms with E-state index in [0.29, 0.717) is 6.54 Å². The van der Waals surface area contributed by atoms with E-state index in [0.717, 1.165) is 12.5 Å². The topological polar surface area (TPSA) is 105 Å². The van der Waals surface area contributed by atoms with Crippen LogP contribution >= 0.6 is 0 Å². The van der Waals surface area contributed by atoms with Crippen molar-refractivity contribution in [1.29, 1.82) is 0 Å². The minimum absolute atomic E-state index is 0.104. The maximum absolute atomic E-state index is 11.9. The molecule has 0 saturated heterocycles. The van der Waals surface area contributed by atoms with Crippen molar-refractivity contribution in [2.45, 2.75) is 17.4 Å². The van der Waals surface area contributed by atoms with Crippen molar-refractivity contribution in [3.05, 3.63) is 64.2 Å². The molecular weight excluding hydrogens is 368 g/mol. The number of hydrogen-bond donors (Lipinski definition) is 2. The maximum atomic E-state index is 11.9. The zero-order valence-electron chi connectivity index (χ0n) is 15.5. The summed E-state index contributed by atoms with van der Waals surface area (Å²) in [6.45, 7) is 0.473. The second kappa shape index (κ2) is 8.94. The summed E-state index contributed by atoms with van der Waals surface area (Å²) in [6, 6.07) is 13.9. The van der Waals surface area contributed by atoms with Gasteiger partial charge < -0.3 is 10.2 Å². The Morgan fingerprint density at radius 1 is 1.15 bits per heavy atom. The van der Waals surface area contributed by atoms with Crippen LogP contribution in [-0.2, 0) is 16.4 Å².